The smallest absolute Gasteiger partial charge is 0.238 e. The Kier molecular flexibility index (Phi) is 4.52. The van der Waals surface area contributed by atoms with Crippen molar-refractivity contribution in [3.05, 3.63) is 24.0 Å². The molecule has 2 N–H and O–H groups in total. The Bertz CT molecular complexity index is 585. The molecular weight excluding hydrogens is 271 g/mol. The molecule has 19 heavy (non-hydrogen) atoms. The summed E-state index contributed by atoms with van der Waals surface area (Å²) in [6.45, 7) is 3.53. The van der Waals surface area contributed by atoms with Crippen LogP contribution in [0.4, 0.5) is 10.1 Å². The third kappa shape index (κ3) is 3.66. The fourth-order valence-corrected chi connectivity index (χ4v) is 2.81. The van der Waals surface area contributed by atoms with Crippen LogP contribution in [0.5, 0.6) is 0 Å². The number of carbonyl (C=O) groups excluding carboxylic acids is 1. The summed E-state index contributed by atoms with van der Waals surface area (Å²) in [5.41, 5.74) is 5.45. The molecule has 1 aromatic carbocycles. The zero-order chi connectivity index (χ0) is 14.8. The Hall–Kier alpha value is -1.63. The Balaban J connectivity index is 3.06. The first-order valence-electron chi connectivity index (χ1n) is 5.68. The Morgan fingerprint density at radius 3 is 2.53 bits per heavy atom. The fourth-order valence-electron chi connectivity index (χ4n) is 1.41. The summed E-state index contributed by atoms with van der Waals surface area (Å²) in [7, 11) is -2.44. The number of nitrogens with two attached hydrogens (primary N) is 1. The molecule has 0 fully saturated rings. The van der Waals surface area contributed by atoms with Crippen molar-refractivity contribution in [2.75, 3.05) is 18.5 Å². The van der Waals surface area contributed by atoms with E-state index >= 15 is 0 Å². The number of amides is 1. The predicted octanol–water partition coefficient (Wildman–Crippen LogP) is 1.05. The van der Waals surface area contributed by atoms with Gasteiger partial charge in [-0.05, 0) is 32.0 Å². The maximum absolute atomic E-state index is 13.1. The van der Waals surface area contributed by atoms with Crippen LogP contribution in [0.3, 0.4) is 0 Å². The van der Waals surface area contributed by atoms with Gasteiger partial charge in [0.15, 0.2) is 9.84 Å². The number of carbonyl (C=O) groups is 1. The lowest BCUT2D eigenvalue weighted by molar-refractivity contribution is -0.128. The van der Waals surface area contributed by atoms with E-state index in [0.717, 1.165) is 12.1 Å². The van der Waals surface area contributed by atoms with Crippen LogP contribution in [-0.2, 0) is 14.6 Å². The maximum atomic E-state index is 13.1. The first kappa shape index (κ1) is 15.4. The van der Waals surface area contributed by atoms with Crippen molar-refractivity contribution in [1.82, 2.24) is 4.90 Å². The van der Waals surface area contributed by atoms with Gasteiger partial charge in [-0.25, -0.2) is 12.8 Å². The van der Waals surface area contributed by atoms with Crippen LogP contribution in [0, 0.1) is 5.82 Å². The molecule has 1 amide bonds. The van der Waals surface area contributed by atoms with E-state index in [1.807, 2.05) is 0 Å². The van der Waals surface area contributed by atoms with Gasteiger partial charge >= 0.3 is 0 Å². The maximum Gasteiger partial charge on any atom is 0.238 e. The van der Waals surface area contributed by atoms with Gasteiger partial charge in [-0.2, -0.15) is 0 Å². The molecule has 106 valence electrons. The number of hydrogen-bond donors (Lipinski definition) is 1. The summed E-state index contributed by atoms with van der Waals surface area (Å²) in [6.07, 6.45) is 0. The molecule has 0 saturated carbocycles. The van der Waals surface area contributed by atoms with Gasteiger partial charge in [0, 0.05) is 13.1 Å². The van der Waals surface area contributed by atoms with E-state index in [9.17, 15) is 17.6 Å². The van der Waals surface area contributed by atoms with Gasteiger partial charge in [-0.3, -0.25) is 4.79 Å². The van der Waals surface area contributed by atoms with Gasteiger partial charge in [0.25, 0.3) is 0 Å². The minimum Gasteiger partial charge on any atom is -0.398 e. The standard InChI is InChI=1S/C12H17FN2O3S/c1-8(2)15(3)12(16)7-19(17,18)11-6-9(13)4-5-10(11)14/h4-6,8H,7,14H2,1-3H3. The highest BCUT2D eigenvalue weighted by molar-refractivity contribution is 7.92. The van der Waals surface area contributed by atoms with Crippen molar-refractivity contribution >= 4 is 21.4 Å². The summed E-state index contributed by atoms with van der Waals surface area (Å²) in [5, 5.41) is 0. The van der Waals surface area contributed by atoms with E-state index in [1.165, 1.54) is 18.0 Å². The average molecular weight is 288 g/mol. The van der Waals surface area contributed by atoms with Crippen LogP contribution < -0.4 is 5.73 Å². The third-order valence-electron chi connectivity index (χ3n) is 2.79. The molecule has 0 bridgehead atoms. The molecule has 0 aliphatic heterocycles. The van der Waals surface area contributed by atoms with Gasteiger partial charge in [-0.1, -0.05) is 0 Å². The summed E-state index contributed by atoms with van der Waals surface area (Å²) < 4.78 is 37.2. The predicted molar refractivity (Wildman–Crippen MR) is 70.8 cm³/mol. The van der Waals surface area contributed by atoms with Crippen LogP contribution in [0.1, 0.15) is 13.8 Å². The van der Waals surface area contributed by atoms with Gasteiger partial charge in [0.2, 0.25) is 5.91 Å². The molecule has 0 spiro atoms. The number of nitrogen functional groups attached to an aromatic ring is 1. The number of sulfone groups is 1. The van der Waals surface area contributed by atoms with Crippen LogP contribution in [0.2, 0.25) is 0 Å². The SMILES string of the molecule is CC(C)N(C)C(=O)CS(=O)(=O)c1cc(F)ccc1N. The molecule has 1 rings (SSSR count). The summed E-state index contributed by atoms with van der Waals surface area (Å²) in [4.78, 5) is 12.7. The van der Waals surface area contributed by atoms with Crippen LogP contribution in [0.15, 0.2) is 23.1 Å². The first-order valence-corrected chi connectivity index (χ1v) is 7.34. The Morgan fingerprint density at radius 2 is 2.00 bits per heavy atom. The lowest BCUT2D eigenvalue weighted by Gasteiger charge is -2.21. The fraction of sp³-hybridized carbons (Fsp3) is 0.417. The zero-order valence-electron chi connectivity index (χ0n) is 11.1. The normalized spacial score (nSPS) is 11.6. The lowest BCUT2D eigenvalue weighted by Crippen LogP contribution is -2.37. The second-order valence-corrected chi connectivity index (χ2v) is 6.50. The minimum absolute atomic E-state index is 0.0681. The van der Waals surface area contributed by atoms with E-state index in [-0.39, 0.29) is 16.6 Å². The first-order chi connectivity index (χ1) is 8.65. The Labute approximate surface area is 112 Å². The van der Waals surface area contributed by atoms with E-state index in [4.69, 9.17) is 5.73 Å². The minimum atomic E-state index is -3.95. The van der Waals surface area contributed by atoms with Crippen molar-refractivity contribution in [2.24, 2.45) is 0 Å². The lowest BCUT2D eigenvalue weighted by atomic mass is 10.3. The van der Waals surface area contributed by atoms with Crippen molar-refractivity contribution in [3.63, 3.8) is 0 Å². The van der Waals surface area contributed by atoms with E-state index in [1.54, 1.807) is 13.8 Å². The number of rotatable bonds is 4. The van der Waals surface area contributed by atoms with Crippen LogP contribution in [0.25, 0.3) is 0 Å². The van der Waals surface area contributed by atoms with Gasteiger partial charge in [0.05, 0.1) is 10.6 Å². The van der Waals surface area contributed by atoms with E-state index in [0.29, 0.717) is 0 Å². The van der Waals surface area contributed by atoms with Gasteiger partial charge in [0.1, 0.15) is 11.6 Å². The molecule has 7 heteroatoms. The number of benzene rings is 1. The van der Waals surface area contributed by atoms with Crippen molar-refractivity contribution < 1.29 is 17.6 Å². The molecule has 5 nitrogen and oxygen atoms in total. The zero-order valence-corrected chi connectivity index (χ0v) is 11.9. The number of hydrogen-bond acceptors (Lipinski definition) is 4. The average Bonchev–Trinajstić information content (AvgIpc) is 2.30. The summed E-state index contributed by atoms with van der Waals surface area (Å²) in [5.74, 6) is -1.99. The van der Waals surface area contributed by atoms with Crippen LogP contribution in [-0.4, -0.2) is 38.1 Å². The molecule has 0 atom stereocenters. The Morgan fingerprint density at radius 1 is 1.42 bits per heavy atom. The number of halogens is 1. The molecular formula is C12H17FN2O3S. The second kappa shape index (κ2) is 5.56. The van der Waals surface area contributed by atoms with Gasteiger partial charge in [-0.15, -0.1) is 0 Å². The molecule has 0 saturated heterocycles. The van der Waals surface area contributed by atoms with E-state index < -0.39 is 27.3 Å². The molecule has 1 aromatic rings. The topological polar surface area (TPSA) is 80.5 Å². The molecule has 0 aliphatic rings. The second-order valence-electron chi connectivity index (χ2n) is 4.54. The third-order valence-corrected chi connectivity index (χ3v) is 4.44. The highest BCUT2D eigenvalue weighted by Crippen LogP contribution is 2.21. The van der Waals surface area contributed by atoms with E-state index in [2.05, 4.69) is 0 Å². The molecule has 0 aliphatic carbocycles. The molecule has 0 aromatic heterocycles. The summed E-state index contributed by atoms with van der Waals surface area (Å²) in [6, 6.07) is 2.94. The largest absolute Gasteiger partial charge is 0.398 e. The highest BCUT2D eigenvalue weighted by atomic mass is 32.2. The number of nitrogens with zero attached hydrogens (tertiary/aromatic N) is 1. The van der Waals surface area contributed by atoms with Gasteiger partial charge < -0.3 is 10.6 Å². The quantitative estimate of drug-likeness (QED) is 0.840. The molecule has 0 heterocycles. The molecule has 0 unspecified atom stereocenters. The number of anilines is 1. The van der Waals surface area contributed by atoms with Crippen LogP contribution >= 0.6 is 0 Å². The highest BCUT2D eigenvalue weighted by Gasteiger charge is 2.25. The van der Waals surface area contributed by atoms with Crippen molar-refractivity contribution in [2.45, 2.75) is 24.8 Å². The van der Waals surface area contributed by atoms with Crippen molar-refractivity contribution in [1.29, 1.82) is 0 Å². The monoisotopic (exact) mass is 288 g/mol. The molecule has 0 radical (unpaired) electrons. The van der Waals surface area contributed by atoms with Crippen molar-refractivity contribution in [3.8, 4) is 0 Å². The summed E-state index contributed by atoms with van der Waals surface area (Å²) >= 11 is 0.